The molecule has 0 unspecified atom stereocenters. The lowest BCUT2D eigenvalue weighted by Crippen LogP contribution is -2.13. The summed E-state index contributed by atoms with van der Waals surface area (Å²) in [6.07, 6.45) is 0. The van der Waals surface area contributed by atoms with Gasteiger partial charge in [-0.25, -0.2) is 4.98 Å². The molecule has 0 fully saturated rings. The molecular formula is C21H14N4O2S2. The van der Waals surface area contributed by atoms with Gasteiger partial charge < -0.3 is 9.73 Å². The van der Waals surface area contributed by atoms with Gasteiger partial charge in [-0.15, -0.1) is 10.2 Å². The lowest BCUT2D eigenvalue weighted by Gasteiger charge is -2.01. The molecule has 8 heteroatoms. The molecule has 0 aliphatic heterocycles. The highest BCUT2D eigenvalue weighted by Gasteiger charge is 2.14. The van der Waals surface area contributed by atoms with Crippen LogP contribution >= 0.6 is 23.1 Å². The zero-order valence-electron chi connectivity index (χ0n) is 15.0. The number of benzene rings is 3. The van der Waals surface area contributed by atoms with Crippen molar-refractivity contribution in [2.24, 2.45) is 0 Å². The molecule has 0 atom stereocenters. The number of hydrogen-bond donors (Lipinski definition) is 1. The monoisotopic (exact) mass is 418 g/mol. The van der Waals surface area contributed by atoms with Crippen LogP contribution in [0, 0.1) is 0 Å². The van der Waals surface area contributed by atoms with E-state index in [2.05, 4.69) is 20.5 Å². The molecule has 2 aromatic heterocycles. The van der Waals surface area contributed by atoms with E-state index in [1.807, 2.05) is 66.7 Å². The molecule has 1 N–H and O–H groups in total. The molecule has 142 valence electrons. The minimum atomic E-state index is -0.168. The standard InChI is InChI=1S/C21H14N4O2S2/c26-18(23-20-22-16-10-3-4-11-17(16)29-20)12-28-21-25-24-19(27-21)15-9-5-7-13-6-1-2-8-14(13)15/h1-11H,12H2,(H,22,23,26). The van der Waals surface area contributed by atoms with Crippen LogP contribution in [-0.2, 0) is 4.79 Å². The summed E-state index contributed by atoms with van der Waals surface area (Å²) in [5.41, 5.74) is 1.75. The number of fused-ring (bicyclic) bond motifs is 2. The zero-order chi connectivity index (χ0) is 19.6. The molecular weight excluding hydrogens is 404 g/mol. The van der Waals surface area contributed by atoms with Crippen molar-refractivity contribution < 1.29 is 9.21 Å². The maximum atomic E-state index is 12.3. The van der Waals surface area contributed by atoms with E-state index in [4.69, 9.17) is 4.42 Å². The molecule has 3 aromatic carbocycles. The molecule has 6 nitrogen and oxygen atoms in total. The fourth-order valence-corrected chi connectivity index (χ4v) is 4.44. The largest absolute Gasteiger partial charge is 0.411 e. The van der Waals surface area contributed by atoms with Crippen LogP contribution in [0.15, 0.2) is 76.4 Å². The number of aromatic nitrogens is 3. The first kappa shape index (κ1) is 17.8. The lowest BCUT2D eigenvalue weighted by molar-refractivity contribution is -0.113. The molecule has 5 aromatic rings. The van der Waals surface area contributed by atoms with Gasteiger partial charge in [0.2, 0.25) is 11.8 Å². The summed E-state index contributed by atoms with van der Waals surface area (Å²) in [7, 11) is 0. The number of carbonyl (C=O) groups excluding carboxylic acids is 1. The van der Waals surface area contributed by atoms with Gasteiger partial charge in [0.15, 0.2) is 5.13 Å². The average Bonchev–Trinajstić information content (AvgIpc) is 3.38. The van der Waals surface area contributed by atoms with Crippen LogP contribution in [0.25, 0.3) is 32.4 Å². The number of nitrogens with zero attached hydrogens (tertiary/aromatic N) is 3. The van der Waals surface area contributed by atoms with Crippen LogP contribution in [0.3, 0.4) is 0 Å². The number of thiazole rings is 1. The Morgan fingerprint density at radius 3 is 2.76 bits per heavy atom. The smallest absolute Gasteiger partial charge is 0.277 e. The van der Waals surface area contributed by atoms with Gasteiger partial charge in [0.1, 0.15) is 0 Å². The van der Waals surface area contributed by atoms with Gasteiger partial charge in [-0.1, -0.05) is 71.6 Å². The number of nitrogens with one attached hydrogen (secondary N) is 1. The van der Waals surface area contributed by atoms with Crippen molar-refractivity contribution in [2.45, 2.75) is 5.22 Å². The summed E-state index contributed by atoms with van der Waals surface area (Å²) in [5, 5.41) is 14.1. The second kappa shape index (κ2) is 7.65. The molecule has 2 heterocycles. The molecule has 5 rings (SSSR count). The Morgan fingerprint density at radius 2 is 1.83 bits per heavy atom. The zero-order valence-corrected chi connectivity index (χ0v) is 16.7. The Hall–Kier alpha value is -3.23. The highest BCUT2D eigenvalue weighted by atomic mass is 32.2. The van der Waals surface area contributed by atoms with Gasteiger partial charge in [0.25, 0.3) is 5.22 Å². The Kier molecular flexibility index (Phi) is 4.71. The number of amides is 1. The first-order valence-corrected chi connectivity index (χ1v) is 10.7. The predicted octanol–water partition coefficient (Wildman–Crippen LogP) is 5.23. The van der Waals surface area contributed by atoms with Crippen molar-refractivity contribution in [1.29, 1.82) is 0 Å². The van der Waals surface area contributed by atoms with Crippen LogP contribution < -0.4 is 5.32 Å². The van der Waals surface area contributed by atoms with E-state index in [0.29, 0.717) is 16.2 Å². The molecule has 0 saturated heterocycles. The Morgan fingerprint density at radius 1 is 1.00 bits per heavy atom. The summed E-state index contributed by atoms with van der Waals surface area (Å²) >= 11 is 2.65. The molecule has 0 aliphatic rings. The molecule has 0 spiro atoms. The van der Waals surface area contributed by atoms with Crippen LogP contribution in [-0.4, -0.2) is 26.8 Å². The van der Waals surface area contributed by atoms with E-state index < -0.39 is 0 Å². The van der Waals surface area contributed by atoms with Crippen molar-refractivity contribution in [3.8, 4) is 11.5 Å². The highest BCUT2D eigenvalue weighted by Crippen LogP contribution is 2.30. The third-order valence-corrected chi connectivity index (χ3v) is 6.06. The molecule has 1 amide bonds. The fraction of sp³-hybridized carbons (Fsp3) is 0.0476. The van der Waals surface area contributed by atoms with Crippen LogP contribution in [0.2, 0.25) is 0 Å². The summed E-state index contributed by atoms with van der Waals surface area (Å²) in [5.74, 6) is 0.433. The number of rotatable bonds is 5. The predicted molar refractivity (Wildman–Crippen MR) is 116 cm³/mol. The van der Waals surface area contributed by atoms with Crippen molar-refractivity contribution in [3.05, 3.63) is 66.7 Å². The van der Waals surface area contributed by atoms with Gasteiger partial charge in [-0.3, -0.25) is 4.79 Å². The first-order chi connectivity index (χ1) is 14.3. The van der Waals surface area contributed by atoms with Crippen molar-refractivity contribution in [2.75, 3.05) is 11.1 Å². The van der Waals surface area contributed by atoms with Crippen molar-refractivity contribution in [1.82, 2.24) is 15.2 Å². The Labute approximate surface area is 174 Å². The third-order valence-electron chi connectivity index (χ3n) is 4.29. The topological polar surface area (TPSA) is 80.9 Å². The number of hydrogen-bond acceptors (Lipinski definition) is 7. The normalized spacial score (nSPS) is 11.2. The molecule has 0 aliphatic carbocycles. The van der Waals surface area contributed by atoms with Gasteiger partial charge in [-0.05, 0) is 29.0 Å². The van der Waals surface area contributed by atoms with Crippen molar-refractivity contribution in [3.63, 3.8) is 0 Å². The van der Waals surface area contributed by atoms with E-state index in [-0.39, 0.29) is 11.7 Å². The van der Waals surface area contributed by atoms with Gasteiger partial charge in [0.05, 0.1) is 16.0 Å². The van der Waals surface area contributed by atoms with E-state index in [0.717, 1.165) is 26.6 Å². The van der Waals surface area contributed by atoms with Gasteiger partial charge in [-0.2, -0.15) is 0 Å². The van der Waals surface area contributed by atoms with Gasteiger partial charge >= 0.3 is 0 Å². The lowest BCUT2D eigenvalue weighted by atomic mass is 10.0. The average molecular weight is 419 g/mol. The quantitative estimate of drug-likeness (QED) is 0.394. The summed E-state index contributed by atoms with van der Waals surface area (Å²) in [6, 6.07) is 21.7. The number of thioether (sulfide) groups is 1. The molecule has 0 bridgehead atoms. The highest BCUT2D eigenvalue weighted by molar-refractivity contribution is 7.99. The summed E-state index contributed by atoms with van der Waals surface area (Å²) in [6.45, 7) is 0. The minimum Gasteiger partial charge on any atom is -0.411 e. The summed E-state index contributed by atoms with van der Waals surface area (Å²) in [4.78, 5) is 16.7. The number of para-hydroxylation sites is 1. The van der Waals surface area contributed by atoms with E-state index in [1.165, 1.54) is 23.1 Å². The van der Waals surface area contributed by atoms with Crippen LogP contribution in [0.4, 0.5) is 5.13 Å². The molecule has 0 radical (unpaired) electrons. The minimum absolute atomic E-state index is 0.160. The van der Waals surface area contributed by atoms with E-state index >= 15 is 0 Å². The Balaban J connectivity index is 1.27. The van der Waals surface area contributed by atoms with Crippen molar-refractivity contribution >= 4 is 55.1 Å². The first-order valence-electron chi connectivity index (χ1n) is 8.86. The van der Waals surface area contributed by atoms with E-state index in [1.54, 1.807) is 0 Å². The Bertz CT molecular complexity index is 1290. The molecule has 0 saturated carbocycles. The van der Waals surface area contributed by atoms with Crippen LogP contribution in [0.1, 0.15) is 0 Å². The fourth-order valence-electron chi connectivity index (χ4n) is 3.00. The second-order valence-corrected chi connectivity index (χ2v) is 8.18. The maximum absolute atomic E-state index is 12.3. The maximum Gasteiger partial charge on any atom is 0.277 e. The van der Waals surface area contributed by atoms with Crippen LogP contribution in [0.5, 0.6) is 0 Å². The van der Waals surface area contributed by atoms with E-state index in [9.17, 15) is 4.79 Å². The third kappa shape index (κ3) is 3.72. The SMILES string of the molecule is O=C(CSc1nnc(-c2cccc3ccccc23)o1)Nc1nc2ccccc2s1. The van der Waals surface area contributed by atoms with Gasteiger partial charge in [0, 0.05) is 5.56 Å². The number of anilines is 1. The second-order valence-electron chi connectivity index (χ2n) is 6.22. The number of carbonyl (C=O) groups is 1. The summed E-state index contributed by atoms with van der Waals surface area (Å²) < 4.78 is 6.81. The molecule has 29 heavy (non-hydrogen) atoms.